The molecule has 0 atom stereocenters. The summed E-state index contributed by atoms with van der Waals surface area (Å²) in [6, 6.07) is 0.277. The molecule has 1 aliphatic heterocycles. The molecule has 4 nitrogen and oxygen atoms in total. The highest BCUT2D eigenvalue weighted by atomic mass is 16.2. The number of piperidine rings is 1. The molecule has 2 fully saturated rings. The average Bonchev–Trinajstić information content (AvgIpc) is 3.25. The zero-order valence-electron chi connectivity index (χ0n) is 12.2. The van der Waals surface area contributed by atoms with Gasteiger partial charge in [0.05, 0.1) is 0 Å². The van der Waals surface area contributed by atoms with E-state index < -0.39 is 0 Å². The van der Waals surface area contributed by atoms with Crippen molar-refractivity contribution in [2.75, 3.05) is 13.1 Å². The Morgan fingerprint density at radius 3 is 2.16 bits per heavy atom. The van der Waals surface area contributed by atoms with Crippen molar-refractivity contribution in [1.29, 1.82) is 0 Å². The number of rotatable bonds is 5. The SMILES string of the molecule is CCC(CC)C(=O)N1CCC(NC(=O)C2CC2)CC1. The molecule has 19 heavy (non-hydrogen) atoms. The molecule has 4 heteroatoms. The van der Waals surface area contributed by atoms with Crippen LogP contribution >= 0.6 is 0 Å². The first-order chi connectivity index (χ1) is 9.15. The third-order valence-electron chi connectivity index (χ3n) is 4.44. The summed E-state index contributed by atoms with van der Waals surface area (Å²) >= 11 is 0. The van der Waals surface area contributed by atoms with Gasteiger partial charge in [0.25, 0.3) is 0 Å². The van der Waals surface area contributed by atoms with E-state index in [1.54, 1.807) is 0 Å². The highest BCUT2D eigenvalue weighted by molar-refractivity contribution is 5.81. The van der Waals surface area contributed by atoms with Gasteiger partial charge < -0.3 is 10.2 Å². The molecule has 2 aliphatic rings. The van der Waals surface area contributed by atoms with Gasteiger partial charge in [-0.15, -0.1) is 0 Å². The third-order valence-corrected chi connectivity index (χ3v) is 4.44. The van der Waals surface area contributed by atoms with Gasteiger partial charge in [-0.05, 0) is 38.5 Å². The average molecular weight is 266 g/mol. The lowest BCUT2D eigenvalue weighted by molar-refractivity contribution is -0.137. The first kappa shape index (κ1) is 14.4. The number of amides is 2. The largest absolute Gasteiger partial charge is 0.353 e. The molecule has 0 bridgehead atoms. The number of carbonyl (C=O) groups excluding carboxylic acids is 2. The summed E-state index contributed by atoms with van der Waals surface area (Å²) in [6.07, 6.45) is 5.77. The van der Waals surface area contributed by atoms with E-state index in [0.717, 1.165) is 51.6 Å². The minimum Gasteiger partial charge on any atom is -0.353 e. The van der Waals surface area contributed by atoms with Gasteiger partial charge in [-0.2, -0.15) is 0 Å². The zero-order valence-corrected chi connectivity index (χ0v) is 12.2. The summed E-state index contributed by atoms with van der Waals surface area (Å²) in [4.78, 5) is 25.9. The molecule has 0 aromatic carbocycles. The van der Waals surface area contributed by atoms with E-state index in [-0.39, 0.29) is 23.8 Å². The molecule has 1 aliphatic carbocycles. The minimum absolute atomic E-state index is 0.178. The Hall–Kier alpha value is -1.06. The van der Waals surface area contributed by atoms with Crippen molar-refractivity contribution in [3.05, 3.63) is 0 Å². The van der Waals surface area contributed by atoms with E-state index in [2.05, 4.69) is 19.2 Å². The van der Waals surface area contributed by atoms with Crippen molar-refractivity contribution < 1.29 is 9.59 Å². The van der Waals surface area contributed by atoms with Crippen LogP contribution in [-0.2, 0) is 9.59 Å². The predicted octanol–water partition coefficient (Wildman–Crippen LogP) is 1.94. The molecule has 108 valence electrons. The molecule has 1 heterocycles. The normalized spacial score (nSPS) is 20.7. The van der Waals surface area contributed by atoms with Gasteiger partial charge in [0, 0.05) is 31.0 Å². The Kier molecular flexibility index (Phi) is 4.83. The lowest BCUT2D eigenvalue weighted by Crippen LogP contribution is -2.48. The van der Waals surface area contributed by atoms with Crippen molar-refractivity contribution in [2.24, 2.45) is 11.8 Å². The van der Waals surface area contributed by atoms with Crippen LogP contribution in [0.2, 0.25) is 0 Å². The Morgan fingerprint density at radius 1 is 1.11 bits per heavy atom. The fourth-order valence-corrected chi connectivity index (χ4v) is 2.80. The molecule has 1 N–H and O–H groups in total. The van der Waals surface area contributed by atoms with Crippen LogP contribution in [-0.4, -0.2) is 35.8 Å². The van der Waals surface area contributed by atoms with Gasteiger partial charge in [-0.3, -0.25) is 9.59 Å². The Morgan fingerprint density at radius 2 is 1.68 bits per heavy atom. The first-order valence-electron chi connectivity index (χ1n) is 7.74. The Balaban J connectivity index is 1.75. The summed E-state index contributed by atoms with van der Waals surface area (Å²) in [5, 5.41) is 3.12. The van der Waals surface area contributed by atoms with Crippen molar-refractivity contribution in [3.8, 4) is 0 Å². The molecule has 2 amide bonds. The molecule has 1 saturated carbocycles. The standard InChI is InChI=1S/C15H26N2O2/c1-3-11(4-2)15(19)17-9-7-13(8-10-17)16-14(18)12-5-6-12/h11-13H,3-10H2,1-2H3,(H,16,18). The molecular weight excluding hydrogens is 240 g/mol. The van der Waals surface area contributed by atoms with Crippen LogP contribution in [0, 0.1) is 11.8 Å². The predicted molar refractivity (Wildman–Crippen MR) is 74.5 cm³/mol. The summed E-state index contributed by atoms with van der Waals surface area (Å²) in [5.41, 5.74) is 0. The number of hydrogen-bond donors (Lipinski definition) is 1. The molecule has 0 spiro atoms. The van der Waals surface area contributed by atoms with E-state index in [4.69, 9.17) is 0 Å². The van der Waals surface area contributed by atoms with E-state index in [9.17, 15) is 9.59 Å². The van der Waals surface area contributed by atoms with Gasteiger partial charge in [0.2, 0.25) is 11.8 Å². The summed E-state index contributed by atoms with van der Waals surface area (Å²) < 4.78 is 0. The number of hydrogen-bond acceptors (Lipinski definition) is 2. The highest BCUT2D eigenvalue weighted by Gasteiger charge is 2.32. The number of carbonyl (C=O) groups is 2. The second-order valence-electron chi connectivity index (χ2n) is 5.90. The van der Waals surface area contributed by atoms with Gasteiger partial charge in [0.1, 0.15) is 0 Å². The molecule has 1 saturated heterocycles. The molecular formula is C15H26N2O2. The van der Waals surface area contributed by atoms with Gasteiger partial charge in [-0.1, -0.05) is 13.8 Å². The number of nitrogens with zero attached hydrogens (tertiary/aromatic N) is 1. The van der Waals surface area contributed by atoms with E-state index >= 15 is 0 Å². The van der Waals surface area contributed by atoms with Crippen LogP contribution in [0.1, 0.15) is 52.4 Å². The van der Waals surface area contributed by atoms with Crippen molar-refractivity contribution in [3.63, 3.8) is 0 Å². The molecule has 0 radical (unpaired) electrons. The summed E-state index contributed by atoms with van der Waals surface area (Å²) in [7, 11) is 0. The highest BCUT2D eigenvalue weighted by Crippen LogP contribution is 2.29. The Labute approximate surface area is 115 Å². The van der Waals surface area contributed by atoms with Crippen LogP contribution < -0.4 is 5.32 Å². The van der Waals surface area contributed by atoms with Gasteiger partial charge in [0.15, 0.2) is 0 Å². The minimum atomic E-state index is 0.178. The first-order valence-corrected chi connectivity index (χ1v) is 7.74. The van der Waals surface area contributed by atoms with Crippen molar-refractivity contribution in [1.82, 2.24) is 10.2 Å². The van der Waals surface area contributed by atoms with Crippen LogP contribution in [0.25, 0.3) is 0 Å². The number of nitrogens with one attached hydrogen (secondary N) is 1. The molecule has 0 unspecified atom stereocenters. The Bertz CT molecular complexity index is 327. The van der Waals surface area contributed by atoms with Crippen LogP contribution in [0.5, 0.6) is 0 Å². The monoisotopic (exact) mass is 266 g/mol. The molecule has 0 aromatic heterocycles. The fourth-order valence-electron chi connectivity index (χ4n) is 2.80. The van der Waals surface area contributed by atoms with Crippen LogP contribution in [0.15, 0.2) is 0 Å². The third kappa shape index (κ3) is 3.71. The van der Waals surface area contributed by atoms with Crippen LogP contribution in [0.4, 0.5) is 0 Å². The maximum Gasteiger partial charge on any atom is 0.225 e. The summed E-state index contributed by atoms with van der Waals surface area (Å²) in [5.74, 6) is 0.989. The van der Waals surface area contributed by atoms with Gasteiger partial charge in [-0.25, -0.2) is 0 Å². The quantitative estimate of drug-likeness (QED) is 0.826. The molecule has 0 aromatic rings. The van der Waals surface area contributed by atoms with E-state index in [0.29, 0.717) is 5.91 Å². The van der Waals surface area contributed by atoms with Crippen molar-refractivity contribution in [2.45, 2.75) is 58.4 Å². The zero-order chi connectivity index (χ0) is 13.8. The van der Waals surface area contributed by atoms with E-state index in [1.165, 1.54) is 0 Å². The maximum absolute atomic E-state index is 12.2. The lowest BCUT2D eigenvalue weighted by atomic mass is 9.98. The molecule has 2 rings (SSSR count). The fraction of sp³-hybridized carbons (Fsp3) is 0.867. The summed E-state index contributed by atoms with van der Waals surface area (Å²) in [6.45, 7) is 5.75. The van der Waals surface area contributed by atoms with E-state index in [1.807, 2.05) is 4.90 Å². The van der Waals surface area contributed by atoms with Crippen LogP contribution in [0.3, 0.4) is 0 Å². The number of likely N-dealkylation sites (tertiary alicyclic amines) is 1. The smallest absolute Gasteiger partial charge is 0.225 e. The second-order valence-corrected chi connectivity index (χ2v) is 5.90. The second kappa shape index (κ2) is 6.40. The van der Waals surface area contributed by atoms with Crippen molar-refractivity contribution >= 4 is 11.8 Å². The van der Waals surface area contributed by atoms with Gasteiger partial charge >= 0.3 is 0 Å². The maximum atomic E-state index is 12.2. The lowest BCUT2D eigenvalue weighted by Gasteiger charge is -2.34. The topological polar surface area (TPSA) is 49.4 Å².